The number of hydrogen-bond donors (Lipinski definition) is 0. The van der Waals surface area contributed by atoms with Gasteiger partial charge in [0.2, 0.25) is 0 Å². The van der Waals surface area contributed by atoms with Crippen molar-refractivity contribution in [1.82, 2.24) is 19.3 Å². The summed E-state index contributed by atoms with van der Waals surface area (Å²) >= 11 is 0. The Kier molecular flexibility index (Phi) is 7.43. The summed E-state index contributed by atoms with van der Waals surface area (Å²) in [5, 5.41) is 6.57. The highest BCUT2D eigenvalue weighted by Crippen LogP contribution is 2.49. The molecule has 6 aromatic rings. The Morgan fingerprint density at radius 3 is 2.38 bits per heavy atom. The Morgan fingerprint density at radius 1 is 0.915 bits per heavy atom. The second-order valence-corrected chi connectivity index (χ2v) is 13.6. The van der Waals surface area contributed by atoms with Crippen LogP contribution in [0.2, 0.25) is 0 Å². The fourth-order valence-corrected chi connectivity index (χ4v) is 7.05. The number of aryl methyl sites for hydroxylation is 2. The van der Waals surface area contributed by atoms with Crippen molar-refractivity contribution in [3.63, 3.8) is 0 Å². The molecule has 0 radical (unpaired) electrons. The van der Waals surface area contributed by atoms with E-state index in [1.807, 2.05) is 44.9 Å². The number of likely N-dealkylation sites (N-methyl/N-ethyl adjacent to an activating group) is 1. The quantitative estimate of drug-likeness (QED) is 0.174. The van der Waals surface area contributed by atoms with Gasteiger partial charge in [-0.15, -0.1) is 0 Å². The van der Waals surface area contributed by atoms with Crippen LogP contribution in [0.15, 0.2) is 73.1 Å². The van der Waals surface area contributed by atoms with Crippen LogP contribution >= 0.6 is 0 Å². The molecule has 7 rings (SSSR count). The molecule has 0 spiro atoms. The Labute approximate surface area is 275 Å². The van der Waals surface area contributed by atoms with E-state index in [1.54, 1.807) is 0 Å². The summed E-state index contributed by atoms with van der Waals surface area (Å²) < 4.78 is 16.3. The topological polar surface area (TPSA) is 74.4 Å². The third-order valence-electron chi connectivity index (χ3n) is 9.25. The lowest BCUT2D eigenvalue weighted by molar-refractivity contribution is -0.164. The van der Waals surface area contributed by atoms with Gasteiger partial charge in [-0.25, -0.2) is 4.79 Å². The summed E-state index contributed by atoms with van der Waals surface area (Å²) in [6.45, 7) is 11.8. The van der Waals surface area contributed by atoms with Crippen LogP contribution < -0.4 is 4.90 Å². The summed E-state index contributed by atoms with van der Waals surface area (Å²) in [4.78, 5) is 20.7. The highest BCUT2D eigenvalue weighted by molar-refractivity contribution is 6.09. The van der Waals surface area contributed by atoms with E-state index in [0.717, 1.165) is 85.4 Å². The average Bonchev–Trinajstić information content (AvgIpc) is 3.62. The van der Waals surface area contributed by atoms with Gasteiger partial charge in [0.15, 0.2) is 6.10 Å². The number of hydrogen-bond acceptors (Lipinski definition) is 6. The van der Waals surface area contributed by atoms with Crippen LogP contribution in [0, 0.1) is 13.8 Å². The zero-order valence-corrected chi connectivity index (χ0v) is 28.4. The minimum absolute atomic E-state index is 0.412. The average molecular weight is 628 g/mol. The molecule has 0 saturated carbocycles. The first-order chi connectivity index (χ1) is 22.4. The fourth-order valence-electron chi connectivity index (χ4n) is 7.05. The van der Waals surface area contributed by atoms with Crippen molar-refractivity contribution < 1.29 is 14.3 Å². The van der Waals surface area contributed by atoms with E-state index in [0.29, 0.717) is 0 Å². The van der Waals surface area contributed by atoms with Crippen molar-refractivity contribution in [2.75, 3.05) is 25.6 Å². The molecular formula is C39H41N5O3. The first-order valence-corrected chi connectivity index (χ1v) is 16.1. The van der Waals surface area contributed by atoms with E-state index in [4.69, 9.17) is 14.5 Å². The molecule has 8 heteroatoms. The highest BCUT2D eigenvalue weighted by Gasteiger charge is 2.36. The number of fused-ring (bicyclic) bond motifs is 1. The number of rotatable bonds is 6. The molecule has 1 aliphatic rings. The number of nitrogens with zero attached hydrogens (tertiary/aromatic N) is 5. The van der Waals surface area contributed by atoms with E-state index >= 15 is 0 Å². The van der Waals surface area contributed by atoms with Crippen LogP contribution in [0.3, 0.4) is 0 Å². The number of carbonyl (C=O) groups is 1. The molecule has 0 fully saturated rings. The summed E-state index contributed by atoms with van der Waals surface area (Å²) in [6.07, 6.45) is 2.87. The SMILES string of the molecule is COC(=O)[C@@H](OC(C)(C)C)c1c(C)c2c3c(cc(-c4ccnc(-c5ccc6c(cnn6C)c5)c4)n3CCN2C)c1-c1ccc(C)cc1. The van der Waals surface area contributed by atoms with Crippen LogP contribution in [0.4, 0.5) is 5.69 Å². The third-order valence-corrected chi connectivity index (χ3v) is 9.25. The number of carbonyl (C=O) groups excluding carboxylic acids is 1. The van der Waals surface area contributed by atoms with E-state index in [1.165, 1.54) is 12.7 Å². The Morgan fingerprint density at radius 2 is 1.66 bits per heavy atom. The second-order valence-electron chi connectivity index (χ2n) is 13.6. The summed E-state index contributed by atoms with van der Waals surface area (Å²) in [5.74, 6) is -0.412. The van der Waals surface area contributed by atoms with Gasteiger partial charge >= 0.3 is 5.97 Å². The second kappa shape index (κ2) is 11.4. The van der Waals surface area contributed by atoms with Crippen molar-refractivity contribution in [1.29, 1.82) is 0 Å². The van der Waals surface area contributed by atoms with Crippen molar-refractivity contribution in [3.05, 3.63) is 89.7 Å². The van der Waals surface area contributed by atoms with Crippen molar-refractivity contribution in [2.45, 2.75) is 52.9 Å². The maximum absolute atomic E-state index is 13.6. The lowest BCUT2D eigenvalue weighted by Gasteiger charge is -2.34. The van der Waals surface area contributed by atoms with Gasteiger partial charge in [-0.05, 0) is 81.6 Å². The number of aromatic nitrogens is 4. The number of pyridine rings is 1. The van der Waals surface area contributed by atoms with Crippen molar-refractivity contribution >= 4 is 33.5 Å². The first kappa shape index (κ1) is 30.7. The standard InChI is InChI=1S/C39H41N5O3/c1-23-9-11-25(12-10-23)34-29-21-32(27-15-16-40-30(20-27)26-13-14-31-28(19-26)22-41-43(31)7)44-18-17-42(6)35(36(29)44)24(2)33(34)37(38(45)46-8)47-39(3,4)5/h9-16,19-22,37H,17-18H2,1-8H3/t37-/m0/s1. The normalized spacial score (nSPS) is 13.8. The van der Waals surface area contributed by atoms with E-state index in [-0.39, 0.29) is 0 Å². The molecule has 0 saturated heterocycles. The number of anilines is 1. The molecule has 0 aliphatic carbocycles. The monoisotopic (exact) mass is 627 g/mol. The van der Waals surface area contributed by atoms with E-state index in [2.05, 4.69) is 96.1 Å². The Bertz CT molecular complexity index is 2170. The molecule has 0 bridgehead atoms. The molecular weight excluding hydrogens is 586 g/mol. The molecule has 0 unspecified atom stereocenters. The summed E-state index contributed by atoms with van der Waals surface area (Å²) in [5.41, 5.74) is 11.9. The third kappa shape index (κ3) is 5.26. The number of ether oxygens (including phenoxy) is 2. The number of esters is 1. The smallest absolute Gasteiger partial charge is 0.339 e. The van der Waals surface area contributed by atoms with Crippen LogP contribution in [-0.4, -0.2) is 51.6 Å². The Balaban J connectivity index is 1.51. The zero-order valence-electron chi connectivity index (χ0n) is 28.4. The van der Waals surface area contributed by atoms with Crippen LogP contribution in [-0.2, 0) is 27.9 Å². The predicted molar refractivity (Wildman–Crippen MR) is 189 cm³/mol. The molecule has 0 amide bonds. The largest absolute Gasteiger partial charge is 0.467 e. The van der Waals surface area contributed by atoms with Gasteiger partial charge in [0.1, 0.15) is 0 Å². The van der Waals surface area contributed by atoms with Crippen LogP contribution in [0.25, 0.3) is 55.4 Å². The molecule has 8 nitrogen and oxygen atoms in total. The zero-order chi connectivity index (χ0) is 33.2. The lowest BCUT2D eigenvalue weighted by atomic mass is 9.87. The van der Waals surface area contributed by atoms with Gasteiger partial charge in [0.05, 0.1) is 41.3 Å². The van der Waals surface area contributed by atoms with Crippen LogP contribution in [0.1, 0.15) is 43.6 Å². The van der Waals surface area contributed by atoms with Gasteiger partial charge in [-0.1, -0.05) is 35.9 Å². The molecule has 47 heavy (non-hydrogen) atoms. The predicted octanol–water partition coefficient (Wildman–Crippen LogP) is 8.02. The van der Waals surface area contributed by atoms with Crippen LogP contribution in [0.5, 0.6) is 0 Å². The minimum Gasteiger partial charge on any atom is -0.467 e. The maximum atomic E-state index is 13.6. The minimum atomic E-state index is -0.908. The summed E-state index contributed by atoms with van der Waals surface area (Å²) in [7, 11) is 5.51. The van der Waals surface area contributed by atoms with Crippen molar-refractivity contribution in [3.8, 4) is 33.6 Å². The van der Waals surface area contributed by atoms with Gasteiger partial charge in [-0.3, -0.25) is 9.67 Å². The fraction of sp³-hybridized carbons (Fsp3) is 0.308. The molecule has 240 valence electrons. The number of methoxy groups -OCH3 is 1. The molecule has 3 aromatic carbocycles. The summed E-state index contributed by atoms with van der Waals surface area (Å²) in [6, 6.07) is 21.4. The highest BCUT2D eigenvalue weighted by atomic mass is 16.6. The molecule has 0 N–H and O–H groups in total. The van der Waals surface area contributed by atoms with Gasteiger partial charge in [0.25, 0.3) is 0 Å². The molecule has 1 atom stereocenters. The molecule has 4 heterocycles. The molecule has 3 aromatic heterocycles. The molecule has 1 aliphatic heterocycles. The van der Waals surface area contributed by atoms with E-state index < -0.39 is 17.7 Å². The lowest BCUT2D eigenvalue weighted by Crippen LogP contribution is -2.32. The van der Waals surface area contributed by atoms with Gasteiger partial charge < -0.3 is 18.9 Å². The van der Waals surface area contributed by atoms with Gasteiger partial charge in [0, 0.05) is 66.5 Å². The van der Waals surface area contributed by atoms with E-state index in [9.17, 15) is 4.79 Å². The first-order valence-electron chi connectivity index (χ1n) is 16.1. The van der Waals surface area contributed by atoms with Gasteiger partial charge in [-0.2, -0.15) is 5.10 Å². The number of benzene rings is 3. The van der Waals surface area contributed by atoms with Crippen molar-refractivity contribution in [2.24, 2.45) is 7.05 Å². The Hall–Kier alpha value is -4.95. The maximum Gasteiger partial charge on any atom is 0.339 e.